The van der Waals surface area contributed by atoms with E-state index in [1.807, 2.05) is 24.6 Å². The van der Waals surface area contributed by atoms with Gasteiger partial charge in [0.15, 0.2) is 11.0 Å². The van der Waals surface area contributed by atoms with Gasteiger partial charge >= 0.3 is 0 Å². The number of rotatable bonds is 6. The molecule has 192 valence electrons. The fraction of sp³-hybridized carbons (Fsp3) is 0.240. The Bertz CT molecular complexity index is 1610. The number of nitrogens with one attached hydrogen (secondary N) is 1. The lowest BCUT2D eigenvalue weighted by atomic mass is 10.1. The number of halogens is 1. The molecule has 4 aromatic heterocycles. The number of thiophene rings is 1. The maximum atomic E-state index is 15.2. The van der Waals surface area contributed by atoms with Crippen LogP contribution in [0.2, 0.25) is 0 Å². The second-order valence-electron chi connectivity index (χ2n) is 8.78. The van der Waals surface area contributed by atoms with Gasteiger partial charge in [0, 0.05) is 23.2 Å². The van der Waals surface area contributed by atoms with E-state index < -0.39 is 16.8 Å². The quantitative estimate of drug-likeness (QED) is 0.275. The van der Waals surface area contributed by atoms with Gasteiger partial charge in [0.25, 0.3) is 0 Å². The number of anilines is 2. The van der Waals surface area contributed by atoms with Gasteiger partial charge in [0.2, 0.25) is 0 Å². The molecule has 6 rings (SSSR count). The van der Waals surface area contributed by atoms with Gasteiger partial charge in [-0.05, 0) is 49.6 Å². The highest BCUT2D eigenvalue weighted by molar-refractivity contribution is 7.88. The smallest absolute Gasteiger partial charge is 0.160 e. The summed E-state index contributed by atoms with van der Waals surface area (Å²) >= 11 is 2.95. The highest BCUT2D eigenvalue weighted by Crippen LogP contribution is 2.39. The molecule has 1 saturated carbocycles. The summed E-state index contributed by atoms with van der Waals surface area (Å²) in [5.74, 6) is -0.121. The summed E-state index contributed by atoms with van der Waals surface area (Å²) in [6.07, 6.45) is 8.02. The number of thiazole rings is 1. The maximum Gasteiger partial charge on any atom is 0.160 e. The third-order valence-corrected chi connectivity index (χ3v) is 9.76. The van der Waals surface area contributed by atoms with Crippen LogP contribution in [0.1, 0.15) is 36.7 Å². The van der Waals surface area contributed by atoms with Gasteiger partial charge in [0.05, 0.1) is 26.7 Å². The molecule has 1 aliphatic rings. The number of hydrogen-bond acceptors (Lipinski definition) is 7. The summed E-state index contributed by atoms with van der Waals surface area (Å²) < 4.78 is 33.7. The first kappa shape index (κ1) is 25.5. The number of nitrogens with zero attached hydrogens (tertiary/aromatic N) is 4. The van der Waals surface area contributed by atoms with Crippen LogP contribution in [-0.4, -0.2) is 29.2 Å². The van der Waals surface area contributed by atoms with Gasteiger partial charge in [0.1, 0.15) is 27.8 Å². The molecule has 1 aliphatic carbocycles. The molecule has 1 unspecified atom stereocenters. The zero-order chi connectivity index (χ0) is 24.8. The predicted molar refractivity (Wildman–Crippen MR) is 149 cm³/mol. The van der Waals surface area contributed by atoms with Crippen molar-refractivity contribution >= 4 is 56.2 Å². The molecular formula is C25H25FN6O2S3. The first-order valence-electron chi connectivity index (χ1n) is 11.6. The van der Waals surface area contributed by atoms with E-state index in [1.54, 1.807) is 29.5 Å². The lowest BCUT2D eigenvalue weighted by molar-refractivity contribution is 0.532. The van der Waals surface area contributed by atoms with Crippen molar-refractivity contribution in [2.45, 2.75) is 42.9 Å². The molecule has 0 aliphatic heterocycles. The van der Waals surface area contributed by atoms with Crippen LogP contribution in [0.3, 0.4) is 0 Å². The number of fused-ring (bicyclic) bond motifs is 1. The van der Waals surface area contributed by atoms with Crippen LogP contribution < -0.4 is 10.5 Å². The Morgan fingerprint density at radius 2 is 2.00 bits per heavy atom. The Labute approximate surface area is 223 Å². The average molecular weight is 557 g/mol. The van der Waals surface area contributed by atoms with Gasteiger partial charge in [-0.2, -0.15) is 0 Å². The third kappa shape index (κ3) is 4.77. The van der Waals surface area contributed by atoms with Gasteiger partial charge < -0.3 is 15.8 Å². The highest BCUT2D eigenvalue weighted by atomic mass is 32.2. The molecule has 1 fully saturated rings. The van der Waals surface area contributed by atoms with E-state index >= 15 is 4.39 Å². The van der Waals surface area contributed by atoms with E-state index in [2.05, 4.69) is 24.2 Å². The molecule has 0 bridgehead atoms. The number of aryl methyl sites for hydroxylation is 1. The first-order chi connectivity index (χ1) is 17.5. The number of benzene rings is 1. The summed E-state index contributed by atoms with van der Waals surface area (Å²) in [6.45, 7) is 1.95. The van der Waals surface area contributed by atoms with Crippen molar-refractivity contribution in [1.29, 1.82) is 0 Å². The lowest BCUT2D eigenvalue weighted by Crippen LogP contribution is -2.04. The standard InChI is InChI=1S/C25H23FN6OS3.H2O/c1-14-30-20(12-34-14)21-8-9-22(35-21)36(33)31-19-7-6-15(10-18(19)26)17-11-32(16-4-2-3-5-16)25-23(17)24(27)28-13-29-25;/h6-13,16,31H,2-5H2,1H3,(H2,27,28,29);1H2. The van der Waals surface area contributed by atoms with Crippen LogP contribution in [0.4, 0.5) is 15.9 Å². The van der Waals surface area contributed by atoms with Crippen molar-refractivity contribution in [1.82, 2.24) is 19.5 Å². The normalized spacial score (nSPS) is 14.6. The molecule has 1 atom stereocenters. The molecule has 0 radical (unpaired) electrons. The molecule has 0 saturated heterocycles. The van der Waals surface area contributed by atoms with Gasteiger partial charge in [-0.3, -0.25) is 4.72 Å². The predicted octanol–water partition coefficient (Wildman–Crippen LogP) is 5.74. The Hall–Kier alpha value is -3.19. The summed E-state index contributed by atoms with van der Waals surface area (Å²) in [5, 5.41) is 3.68. The Morgan fingerprint density at radius 3 is 2.73 bits per heavy atom. The summed E-state index contributed by atoms with van der Waals surface area (Å²) in [7, 11) is -1.61. The van der Waals surface area contributed by atoms with Crippen molar-refractivity contribution in [3.8, 4) is 21.7 Å². The second-order valence-corrected chi connectivity index (χ2v) is 12.4. The maximum absolute atomic E-state index is 15.2. The van der Waals surface area contributed by atoms with Crippen molar-refractivity contribution in [2.24, 2.45) is 0 Å². The van der Waals surface area contributed by atoms with Crippen LogP contribution in [-0.2, 0) is 11.0 Å². The lowest BCUT2D eigenvalue weighted by Gasteiger charge is -2.12. The zero-order valence-corrected chi connectivity index (χ0v) is 22.4. The van der Waals surface area contributed by atoms with Gasteiger partial charge in [-0.15, -0.1) is 22.7 Å². The number of nitrogen functional groups attached to an aromatic ring is 1. The van der Waals surface area contributed by atoms with Crippen molar-refractivity contribution in [3.05, 3.63) is 59.1 Å². The summed E-state index contributed by atoms with van der Waals surface area (Å²) in [4.78, 5) is 14.1. The van der Waals surface area contributed by atoms with E-state index in [-0.39, 0.29) is 11.2 Å². The Morgan fingerprint density at radius 1 is 1.19 bits per heavy atom. The Balaban J connectivity index is 0.00000280. The van der Waals surface area contributed by atoms with E-state index in [1.165, 1.54) is 36.6 Å². The molecule has 5 aromatic rings. The highest BCUT2D eigenvalue weighted by Gasteiger charge is 2.23. The molecule has 1 aromatic carbocycles. The molecule has 0 amide bonds. The first-order valence-corrected chi connectivity index (χ1v) is 14.4. The van der Waals surface area contributed by atoms with E-state index in [9.17, 15) is 4.21 Å². The molecule has 12 heteroatoms. The van der Waals surface area contributed by atoms with Crippen LogP contribution in [0, 0.1) is 12.7 Å². The topological polar surface area (TPSA) is 130 Å². The molecule has 0 spiro atoms. The summed E-state index contributed by atoms with van der Waals surface area (Å²) in [5.41, 5.74) is 9.51. The van der Waals surface area contributed by atoms with Crippen LogP contribution in [0.15, 0.2) is 52.4 Å². The van der Waals surface area contributed by atoms with Crippen LogP contribution in [0.5, 0.6) is 0 Å². The minimum absolute atomic E-state index is 0. The van der Waals surface area contributed by atoms with Crippen molar-refractivity contribution in [2.75, 3.05) is 10.5 Å². The van der Waals surface area contributed by atoms with Gasteiger partial charge in [-0.1, -0.05) is 18.9 Å². The van der Waals surface area contributed by atoms with Crippen molar-refractivity contribution in [3.63, 3.8) is 0 Å². The van der Waals surface area contributed by atoms with Crippen LogP contribution in [0.25, 0.3) is 32.7 Å². The number of aromatic nitrogens is 4. The third-order valence-electron chi connectivity index (χ3n) is 6.48. The average Bonchev–Trinajstić information content (AvgIpc) is 3.66. The largest absolute Gasteiger partial charge is 0.412 e. The SMILES string of the molecule is Cc1nc(-c2ccc(S(=O)Nc3ccc(-c4cn(C5CCCC5)c5ncnc(N)c45)cc3F)s2)cs1.O. The fourth-order valence-corrected chi connectivity index (χ4v) is 7.48. The molecule has 37 heavy (non-hydrogen) atoms. The molecule has 5 N–H and O–H groups in total. The summed E-state index contributed by atoms with van der Waals surface area (Å²) in [6, 6.07) is 8.88. The molecular weight excluding hydrogens is 532 g/mol. The zero-order valence-electron chi connectivity index (χ0n) is 19.9. The van der Waals surface area contributed by atoms with E-state index in [0.29, 0.717) is 21.6 Å². The van der Waals surface area contributed by atoms with E-state index in [0.717, 1.165) is 45.0 Å². The minimum Gasteiger partial charge on any atom is -0.412 e. The monoisotopic (exact) mass is 556 g/mol. The number of hydrogen-bond donors (Lipinski definition) is 2. The minimum atomic E-state index is -1.61. The van der Waals surface area contributed by atoms with Gasteiger partial charge in [-0.25, -0.2) is 23.6 Å². The van der Waals surface area contributed by atoms with Crippen molar-refractivity contribution < 1.29 is 14.1 Å². The molecule has 4 heterocycles. The number of nitrogens with two attached hydrogens (primary N) is 1. The second kappa shape index (κ2) is 10.3. The Kier molecular flexibility index (Phi) is 7.08. The molecule has 8 nitrogen and oxygen atoms in total. The van der Waals surface area contributed by atoms with Crippen LogP contribution >= 0.6 is 22.7 Å². The van der Waals surface area contributed by atoms with E-state index in [4.69, 9.17) is 5.73 Å². The fourth-order valence-electron chi connectivity index (χ4n) is 4.74.